The molecule has 6 nitrogen and oxygen atoms in total. The van der Waals surface area contributed by atoms with Crippen LogP contribution in [0.1, 0.15) is 213 Å². The van der Waals surface area contributed by atoms with E-state index in [0.29, 0.717) is 19.3 Å². The Morgan fingerprint density at radius 3 is 1.07 bits per heavy atom. The number of unbranched alkanes of at least 4 members (excludes halogenated alkanes) is 22. The van der Waals surface area contributed by atoms with Crippen LogP contribution in [0.25, 0.3) is 0 Å². The molecule has 0 radical (unpaired) electrons. The van der Waals surface area contributed by atoms with E-state index in [9.17, 15) is 14.4 Å². The summed E-state index contributed by atoms with van der Waals surface area (Å²) in [6.07, 6.45) is 63.8. The van der Waals surface area contributed by atoms with Crippen molar-refractivity contribution < 1.29 is 28.6 Å². The molecule has 346 valence electrons. The van der Waals surface area contributed by atoms with Crippen LogP contribution in [-0.2, 0) is 28.6 Å². The fourth-order valence-electron chi connectivity index (χ4n) is 6.54. The molecule has 0 saturated heterocycles. The number of ether oxygens (including phenoxy) is 3. The predicted molar refractivity (Wildman–Crippen MR) is 260 cm³/mol. The smallest absolute Gasteiger partial charge is 0.306 e. The lowest BCUT2D eigenvalue weighted by Crippen LogP contribution is -2.30. The van der Waals surface area contributed by atoms with Crippen LogP contribution in [0, 0.1) is 0 Å². The first kappa shape index (κ1) is 57.3. The molecular weight excluding hydrogens is 757 g/mol. The molecule has 0 aliphatic heterocycles. The highest BCUT2D eigenvalue weighted by Gasteiger charge is 2.19. The second kappa shape index (κ2) is 49.0. The van der Waals surface area contributed by atoms with Crippen molar-refractivity contribution in [2.24, 2.45) is 0 Å². The minimum absolute atomic E-state index is 0.0981. The Balaban J connectivity index is 4.50. The summed E-state index contributed by atoms with van der Waals surface area (Å²) in [7, 11) is 0. The first-order valence-electron chi connectivity index (χ1n) is 24.8. The second-order valence-electron chi connectivity index (χ2n) is 16.2. The van der Waals surface area contributed by atoms with E-state index < -0.39 is 6.10 Å². The molecule has 0 saturated carbocycles. The van der Waals surface area contributed by atoms with E-state index in [1.54, 1.807) is 0 Å². The van der Waals surface area contributed by atoms with Crippen molar-refractivity contribution in [1.82, 2.24) is 0 Å². The molecule has 61 heavy (non-hydrogen) atoms. The summed E-state index contributed by atoms with van der Waals surface area (Å²) in [5.74, 6) is -0.966. The quantitative estimate of drug-likeness (QED) is 0.0200. The zero-order valence-electron chi connectivity index (χ0n) is 39.4. The summed E-state index contributed by atoms with van der Waals surface area (Å²) in [5, 5.41) is 0. The number of rotatable bonds is 43. The molecule has 1 atom stereocenters. The summed E-state index contributed by atoms with van der Waals surface area (Å²) in [6, 6.07) is 0. The molecule has 0 amide bonds. The zero-order valence-corrected chi connectivity index (χ0v) is 39.4. The van der Waals surface area contributed by atoms with Gasteiger partial charge in [0.25, 0.3) is 0 Å². The lowest BCUT2D eigenvalue weighted by Gasteiger charge is -2.18. The average Bonchev–Trinajstić information content (AvgIpc) is 3.26. The van der Waals surface area contributed by atoms with Gasteiger partial charge < -0.3 is 14.2 Å². The van der Waals surface area contributed by atoms with Gasteiger partial charge in [-0.3, -0.25) is 14.4 Å². The van der Waals surface area contributed by atoms with Crippen molar-refractivity contribution in [3.63, 3.8) is 0 Å². The zero-order chi connectivity index (χ0) is 44.4. The summed E-state index contributed by atoms with van der Waals surface area (Å²) < 4.78 is 16.7. The summed E-state index contributed by atoms with van der Waals surface area (Å²) in [6.45, 7) is 6.41. The molecule has 0 heterocycles. The average molecular weight is 847 g/mol. The van der Waals surface area contributed by atoms with E-state index in [2.05, 4.69) is 45.1 Å². The molecule has 0 aromatic rings. The number of carbonyl (C=O) groups excluding carboxylic acids is 3. The van der Waals surface area contributed by atoms with Gasteiger partial charge in [0, 0.05) is 19.3 Å². The molecule has 0 aliphatic carbocycles. The van der Waals surface area contributed by atoms with Gasteiger partial charge in [-0.2, -0.15) is 0 Å². The van der Waals surface area contributed by atoms with Crippen LogP contribution >= 0.6 is 0 Å². The monoisotopic (exact) mass is 847 g/mol. The number of allylic oxidation sites excluding steroid dienone is 16. The number of esters is 3. The molecule has 0 rings (SSSR count). The molecule has 0 spiro atoms. The Morgan fingerprint density at radius 2 is 0.656 bits per heavy atom. The van der Waals surface area contributed by atoms with Crippen molar-refractivity contribution in [2.75, 3.05) is 13.2 Å². The Hall–Kier alpha value is -3.67. The van der Waals surface area contributed by atoms with E-state index in [1.807, 2.05) is 72.9 Å². The highest BCUT2D eigenvalue weighted by molar-refractivity contribution is 5.71. The fraction of sp³-hybridized carbons (Fsp3) is 0.655. The Bertz CT molecular complexity index is 1250. The molecule has 6 heteroatoms. The number of carbonyl (C=O) groups is 3. The van der Waals surface area contributed by atoms with Crippen molar-refractivity contribution in [3.05, 3.63) is 97.2 Å². The largest absolute Gasteiger partial charge is 0.462 e. The maximum absolute atomic E-state index is 12.8. The third-order valence-corrected chi connectivity index (χ3v) is 10.3. The van der Waals surface area contributed by atoms with Gasteiger partial charge in [-0.15, -0.1) is 0 Å². The van der Waals surface area contributed by atoms with Gasteiger partial charge in [0.2, 0.25) is 0 Å². The number of hydrogen-bond donors (Lipinski definition) is 0. The van der Waals surface area contributed by atoms with Gasteiger partial charge in [0.05, 0.1) is 0 Å². The lowest BCUT2D eigenvalue weighted by molar-refractivity contribution is -0.167. The van der Waals surface area contributed by atoms with E-state index in [4.69, 9.17) is 14.2 Å². The van der Waals surface area contributed by atoms with Gasteiger partial charge in [0.15, 0.2) is 6.10 Å². The van der Waals surface area contributed by atoms with Crippen LogP contribution in [0.5, 0.6) is 0 Å². The van der Waals surface area contributed by atoms with Crippen LogP contribution in [0.15, 0.2) is 97.2 Å². The van der Waals surface area contributed by atoms with Gasteiger partial charge in [-0.25, -0.2) is 0 Å². The molecule has 0 aliphatic rings. The molecule has 0 bridgehead atoms. The highest BCUT2D eigenvalue weighted by Crippen LogP contribution is 2.14. The number of hydrogen-bond acceptors (Lipinski definition) is 6. The van der Waals surface area contributed by atoms with Gasteiger partial charge in [0.1, 0.15) is 13.2 Å². The van der Waals surface area contributed by atoms with Gasteiger partial charge in [-0.1, -0.05) is 227 Å². The van der Waals surface area contributed by atoms with E-state index >= 15 is 0 Å². The van der Waals surface area contributed by atoms with E-state index in [0.717, 1.165) is 83.5 Å². The van der Waals surface area contributed by atoms with E-state index in [1.165, 1.54) is 89.9 Å². The third-order valence-electron chi connectivity index (χ3n) is 10.3. The molecule has 0 aromatic carbocycles. The molecule has 0 aromatic heterocycles. The van der Waals surface area contributed by atoms with Gasteiger partial charge in [-0.05, 0) is 64.2 Å². The molecule has 0 fully saturated rings. The standard InChI is InChI=1S/C55H90O6/c1-4-7-10-13-16-19-22-24-25-26-27-28-29-31-33-36-39-42-45-48-54(57)60-51-52(50-59-53(56)47-44-41-38-35-32-21-18-15-12-9-6-3)61-55(58)49-46-43-40-37-34-30-23-20-17-14-11-8-5-2/h7,10,13,16,19,22,24-31,33-34,52H,4-6,8-9,11-12,14-15,17-18,20-21,23,32,35-51H2,1-3H3/b10-7-,16-13-,22-19-,25-24-,27-26+,29-28-,33-31-,34-30-. The van der Waals surface area contributed by atoms with E-state index in [-0.39, 0.29) is 31.1 Å². The Labute approximate surface area is 375 Å². The minimum Gasteiger partial charge on any atom is -0.462 e. The van der Waals surface area contributed by atoms with Crippen molar-refractivity contribution >= 4 is 17.9 Å². The van der Waals surface area contributed by atoms with Crippen molar-refractivity contribution in [1.29, 1.82) is 0 Å². The SMILES string of the molecule is CC\C=C/C=C\C=C/C=C\C=C\C=C/C=C\CCCCCC(=O)OCC(COC(=O)CCCCCCCCCCCCC)OC(=O)CCCCC/C=C\CCCCCCCC. The second-order valence-corrected chi connectivity index (χ2v) is 16.2. The van der Waals surface area contributed by atoms with Crippen LogP contribution in [-0.4, -0.2) is 37.2 Å². The molecular formula is C55H90O6. The van der Waals surface area contributed by atoms with Crippen LogP contribution in [0.3, 0.4) is 0 Å². The third kappa shape index (κ3) is 47.2. The fourth-order valence-corrected chi connectivity index (χ4v) is 6.54. The highest BCUT2D eigenvalue weighted by atomic mass is 16.6. The predicted octanol–water partition coefficient (Wildman–Crippen LogP) is 16.2. The first-order valence-corrected chi connectivity index (χ1v) is 24.8. The molecule has 1 unspecified atom stereocenters. The maximum Gasteiger partial charge on any atom is 0.306 e. The van der Waals surface area contributed by atoms with Crippen LogP contribution in [0.4, 0.5) is 0 Å². The first-order chi connectivity index (χ1) is 30.0. The summed E-state index contributed by atoms with van der Waals surface area (Å²) in [4.78, 5) is 37.9. The lowest BCUT2D eigenvalue weighted by atomic mass is 10.1. The Kier molecular flexibility index (Phi) is 46.0. The van der Waals surface area contributed by atoms with Crippen LogP contribution < -0.4 is 0 Å². The minimum atomic E-state index is -0.802. The summed E-state index contributed by atoms with van der Waals surface area (Å²) in [5.41, 5.74) is 0. The maximum atomic E-state index is 12.8. The van der Waals surface area contributed by atoms with Crippen molar-refractivity contribution in [3.8, 4) is 0 Å². The molecule has 0 N–H and O–H groups in total. The summed E-state index contributed by atoms with van der Waals surface area (Å²) >= 11 is 0. The van der Waals surface area contributed by atoms with Gasteiger partial charge >= 0.3 is 17.9 Å². The normalized spacial score (nSPS) is 12.9. The Morgan fingerprint density at radius 1 is 0.344 bits per heavy atom. The van der Waals surface area contributed by atoms with Crippen LogP contribution in [0.2, 0.25) is 0 Å². The van der Waals surface area contributed by atoms with Crippen molar-refractivity contribution in [2.45, 2.75) is 219 Å². The topological polar surface area (TPSA) is 78.9 Å².